The lowest BCUT2D eigenvalue weighted by Gasteiger charge is -2.35. The van der Waals surface area contributed by atoms with Crippen molar-refractivity contribution in [3.8, 4) is 0 Å². The third-order valence-corrected chi connectivity index (χ3v) is 4.69. The number of allylic oxidation sites excluding steroid dienone is 2. The van der Waals surface area contributed by atoms with E-state index in [4.69, 9.17) is 4.52 Å². The van der Waals surface area contributed by atoms with Crippen molar-refractivity contribution < 1.29 is 19.2 Å². The first-order valence-corrected chi connectivity index (χ1v) is 8.03. The molecule has 0 bridgehead atoms. The van der Waals surface area contributed by atoms with Gasteiger partial charge in [0, 0.05) is 13.1 Å². The van der Waals surface area contributed by atoms with Crippen molar-refractivity contribution >= 4 is 11.9 Å². The second-order valence-electron chi connectivity index (χ2n) is 6.30. The maximum absolute atomic E-state index is 12.8. The van der Waals surface area contributed by atoms with Crippen LogP contribution in [-0.2, 0) is 9.59 Å². The van der Waals surface area contributed by atoms with Crippen LogP contribution in [0.2, 0.25) is 0 Å². The third-order valence-electron chi connectivity index (χ3n) is 4.69. The summed E-state index contributed by atoms with van der Waals surface area (Å²) in [6.45, 7) is 2.95. The van der Waals surface area contributed by atoms with Crippen molar-refractivity contribution in [1.82, 2.24) is 15.0 Å². The predicted octanol–water partition coefficient (Wildman–Crippen LogP) is 1.75. The normalized spacial score (nSPS) is 27.9. The number of carboxylic acid groups (broad SMARTS) is 1. The molecule has 3 rings (SSSR count). The molecular weight excluding hydrogens is 298 g/mol. The molecule has 0 spiro atoms. The molecule has 1 aliphatic heterocycles. The summed E-state index contributed by atoms with van der Waals surface area (Å²) >= 11 is 0. The molecule has 1 aliphatic carbocycles. The van der Waals surface area contributed by atoms with Crippen molar-refractivity contribution in [1.29, 1.82) is 0 Å². The number of amides is 1. The fraction of sp³-hybridized carbons (Fsp3) is 0.625. The quantitative estimate of drug-likeness (QED) is 0.853. The van der Waals surface area contributed by atoms with E-state index >= 15 is 0 Å². The highest BCUT2D eigenvalue weighted by atomic mass is 16.5. The summed E-state index contributed by atoms with van der Waals surface area (Å²) in [6.07, 6.45) is 6.44. The predicted molar refractivity (Wildman–Crippen MR) is 80.6 cm³/mol. The Hall–Kier alpha value is -2.18. The number of piperidine rings is 1. The number of likely N-dealkylation sites (tertiary alicyclic amines) is 1. The molecule has 2 heterocycles. The number of aryl methyl sites for hydroxylation is 1. The van der Waals surface area contributed by atoms with Crippen LogP contribution in [-0.4, -0.2) is 45.1 Å². The van der Waals surface area contributed by atoms with E-state index in [1.54, 1.807) is 11.8 Å². The van der Waals surface area contributed by atoms with E-state index in [2.05, 4.69) is 10.1 Å². The third kappa shape index (κ3) is 3.28. The first-order valence-electron chi connectivity index (χ1n) is 8.03. The van der Waals surface area contributed by atoms with Gasteiger partial charge in [0.25, 0.3) is 0 Å². The first-order chi connectivity index (χ1) is 11.1. The van der Waals surface area contributed by atoms with Crippen LogP contribution in [0.15, 0.2) is 16.7 Å². The Kier molecular flexibility index (Phi) is 4.45. The van der Waals surface area contributed by atoms with Gasteiger partial charge in [0.1, 0.15) is 0 Å². The lowest BCUT2D eigenvalue weighted by Crippen LogP contribution is -2.45. The number of carbonyl (C=O) groups is 2. The number of hydrogen-bond donors (Lipinski definition) is 1. The van der Waals surface area contributed by atoms with E-state index in [1.165, 1.54) is 0 Å². The summed E-state index contributed by atoms with van der Waals surface area (Å²) < 4.78 is 5.23. The van der Waals surface area contributed by atoms with Crippen LogP contribution in [0.25, 0.3) is 0 Å². The SMILES string of the molecule is Cc1noc(C2CCCN(C(=O)C3CC=CCC3C(=O)O)C2)n1. The Labute approximate surface area is 134 Å². The largest absolute Gasteiger partial charge is 0.481 e. The van der Waals surface area contributed by atoms with Crippen LogP contribution < -0.4 is 0 Å². The van der Waals surface area contributed by atoms with Gasteiger partial charge in [-0.3, -0.25) is 9.59 Å². The molecule has 0 aromatic carbocycles. The maximum atomic E-state index is 12.8. The topological polar surface area (TPSA) is 96.5 Å². The lowest BCUT2D eigenvalue weighted by molar-refractivity contribution is -0.151. The summed E-state index contributed by atoms with van der Waals surface area (Å²) in [6, 6.07) is 0. The van der Waals surface area contributed by atoms with E-state index in [-0.39, 0.29) is 11.8 Å². The number of hydrogen-bond acceptors (Lipinski definition) is 5. The zero-order valence-electron chi connectivity index (χ0n) is 13.1. The molecule has 1 saturated heterocycles. The summed E-state index contributed by atoms with van der Waals surface area (Å²) in [5.41, 5.74) is 0. The highest BCUT2D eigenvalue weighted by Crippen LogP contribution is 2.31. The van der Waals surface area contributed by atoms with E-state index in [0.717, 1.165) is 12.8 Å². The second-order valence-corrected chi connectivity index (χ2v) is 6.30. The summed E-state index contributed by atoms with van der Waals surface area (Å²) in [5, 5.41) is 13.2. The van der Waals surface area contributed by atoms with Crippen LogP contribution >= 0.6 is 0 Å². The fourth-order valence-corrected chi connectivity index (χ4v) is 3.45. The van der Waals surface area contributed by atoms with Gasteiger partial charge in [0.05, 0.1) is 17.8 Å². The molecular formula is C16H21N3O4. The zero-order chi connectivity index (χ0) is 16.4. The molecule has 2 aliphatic rings. The van der Waals surface area contributed by atoms with Crippen LogP contribution in [0.1, 0.15) is 43.3 Å². The van der Waals surface area contributed by atoms with Gasteiger partial charge in [0.15, 0.2) is 5.82 Å². The molecule has 3 atom stereocenters. The standard InChI is InChI=1S/C16H21N3O4/c1-10-17-14(23-18-10)11-5-4-8-19(9-11)15(20)12-6-2-3-7-13(12)16(21)22/h2-3,11-13H,4-9H2,1H3,(H,21,22). The Morgan fingerprint density at radius 1 is 1.30 bits per heavy atom. The van der Waals surface area contributed by atoms with Crippen LogP contribution in [0.3, 0.4) is 0 Å². The molecule has 1 amide bonds. The number of nitrogens with zero attached hydrogens (tertiary/aromatic N) is 3. The van der Waals surface area contributed by atoms with E-state index < -0.39 is 17.8 Å². The summed E-state index contributed by atoms with van der Waals surface area (Å²) in [5.74, 6) is -0.864. The van der Waals surface area contributed by atoms with Crippen LogP contribution in [0.5, 0.6) is 0 Å². The Bertz CT molecular complexity index is 625. The van der Waals surface area contributed by atoms with Crippen molar-refractivity contribution in [3.05, 3.63) is 23.9 Å². The van der Waals surface area contributed by atoms with Gasteiger partial charge < -0.3 is 14.5 Å². The number of carbonyl (C=O) groups excluding carboxylic acids is 1. The van der Waals surface area contributed by atoms with Crippen LogP contribution in [0.4, 0.5) is 0 Å². The smallest absolute Gasteiger partial charge is 0.307 e. The molecule has 1 fully saturated rings. The van der Waals surface area contributed by atoms with Crippen molar-refractivity contribution in [2.24, 2.45) is 11.8 Å². The average Bonchev–Trinajstić information content (AvgIpc) is 3.01. The molecule has 7 nitrogen and oxygen atoms in total. The molecule has 1 N–H and O–H groups in total. The number of aliphatic carboxylic acids is 1. The number of aromatic nitrogens is 2. The molecule has 3 unspecified atom stereocenters. The van der Waals surface area contributed by atoms with Gasteiger partial charge in [0.2, 0.25) is 11.8 Å². The summed E-state index contributed by atoms with van der Waals surface area (Å²) in [4.78, 5) is 30.2. The van der Waals surface area contributed by atoms with Gasteiger partial charge in [-0.2, -0.15) is 4.98 Å². The number of carboxylic acids is 1. The lowest BCUT2D eigenvalue weighted by atomic mass is 9.81. The van der Waals surface area contributed by atoms with Crippen LogP contribution in [0, 0.1) is 18.8 Å². The van der Waals surface area contributed by atoms with Gasteiger partial charge in [-0.05, 0) is 32.6 Å². The molecule has 1 aromatic rings. The molecule has 0 saturated carbocycles. The number of rotatable bonds is 3. The highest BCUT2D eigenvalue weighted by molar-refractivity contribution is 5.85. The second kappa shape index (κ2) is 6.52. The molecule has 23 heavy (non-hydrogen) atoms. The van der Waals surface area contributed by atoms with Gasteiger partial charge in [-0.25, -0.2) is 0 Å². The molecule has 7 heteroatoms. The molecule has 1 aromatic heterocycles. The summed E-state index contributed by atoms with van der Waals surface area (Å²) in [7, 11) is 0. The fourth-order valence-electron chi connectivity index (χ4n) is 3.45. The Morgan fingerprint density at radius 3 is 2.70 bits per heavy atom. The van der Waals surface area contributed by atoms with E-state index in [9.17, 15) is 14.7 Å². The Balaban J connectivity index is 1.71. The van der Waals surface area contributed by atoms with E-state index in [1.807, 2.05) is 12.2 Å². The van der Waals surface area contributed by atoms with Gasteiger partial charge >= 0.3 is 5.97 Å². The molecule has 124 valence electrons. The zero-order valence-corrected chi connectivity index (χ0v) is 13.1. The van der Waals surface area contributed by atoms with Gasteiger partial charge in [-0.1, -0.05) is 17.3 Å². The molecule has 0 radical (unpaired) electrons. The van der Waals surface area contributed by atoms with Gasteiger partial charge in [-0.15, -0.1) is 0 Å². The highest BCUT2D eigenvalue weighted by Gasteiger charge is 2.38. The minimum absolute atomic E-state index is 0.0383. The first kappa shape index (κ1) is 15.7. The van der Waals surface area contributed by atoms with E-state index in [0.29, 0.717) is 37.6 Å². The minimum atomic E-state index is -0.895. The maximum Gasteiger partial charge on any atom is 0.307 e. The monoisotopic (exact) mass is 319 g/mol. The van der Waals surface area contributed by atoms with Crippen molar-refractivity contribution in [3.63, 3.8) is 0 Å². The van der Waals surface area contributed by atoms with Crippen molar-refractivity contribution in [2.45, 2.75) is 38.5 Å². The minimum Gasteiger partial charge on any atom is -0.481 e. The Morgan fingerprint density at radius 2 is 2.04 bits per heavy atom. The average molecular weight is 319 g/mol. The van der Waals surface area contributed by atoms with Crippen molar-refractivity contribution in [2.75, 3.05) is 13.1 Å².